The number of nitrogens with zero attached hydrogens (tertiary/aromatic N) is 3. The molecule has 5 nitrogen and oxygen atoms in total. The van der Waals surface area contributed by atoms with Gasteiger partial charge in [0.2, 0.25) is 0 Å². The van der Waals surface area contributed by atoms with E-state index in [-0.39, 0.29) is 11.8 Å². The molecular weight excluding hydrogens is 204 g/mol. The lowest BCUT2D eigenvalue weighted by Crippen LogP contribution is -2.56. The van der Waals surface area contributed by atoms with Gasteiger partial charge in [-0.05, 0) is 18.2 Å². The van der Waals surface area contributed by atoms with Crippen LogP contribution in [-0.4, -0.2) is 34.2 Å². The van der Waals surface area contributed by atoms with E-state index in [1.54, 1.807) is 24.5 Å². The minimum absolute atomic E-state index is 0.224. The van der Waals surface area contributed by atoms with E-state index in [0.717, 1.165) is 29.8 Å². The smallest absolute Gasteiger partial charge is 0.140 e. The molecule has 0 bridgehead atoms. The largest absolute Gasteiger partial charge is 0.508 e. The highest BCUT2D eigenvalue weighted by molar-refractivity contribution is 5.90. The molecule has 2 aromatic rings. The van der Waals surface area contributed by atoms with E-state index >= 15 is 0 Å². The van der Waals surface area contributed by atoms with Crippen molar-refractivity contribution in [3.63, 3.8) is 0 Å². The number of phenols is 1. The fourth-order valence-electron chi connectivity index (χ4n) is 1.97. The fourth-order valence-corrected chi connectivity index (χ4v) is 1.97. The third-order valence-electron chi connectivity index (χ3n) is 2.81. The Balaban J connectivity index is 2.13. The zero-order valence-electron chi connectivity index (χ0n) is 8.67. The molecule has 0 amide bonds. The lowest BCUT2D eigenvalue weighted by molar-refractivity contribution is 0.476. The van der Waals surface area contributed by atoms with Crippen LogP contribution in [0.1, 0.15) is 0 Å². The standard InChI is InChI=1S/C11H12N4O/c12-7-4-15(5-7)11-9-3-8(16)1-2-10(9)13-6-14-11/h1-3,6-7,16H,4-5,12H2. The Morgan fingerprint density at radius 3 is 2.88 bits per heavy atom. The summed E-state index contributed by atoms with van der Waals surface area (Å²) in [5.41, 5.74) is 6.58. The highest BCUT2D eigenvalue weighted by atomic mass is 16.3. The minimum atomic E-state index is 0.224. The summed E-state index contributed by atoms with van der Waals surface area (Å²) in [7, 11) is 0. The normalized spacial score (nSPS) is 16.4. The van der Waals surface area contributed by atoms with Gasteiger partial charge in [0.1, 0.15) is 17.9 Å². The van der Waals surface area contributed by atoms with E-state index in [0.29, 0.717) is 0 Å². The van der Waals surface area contributed by atoms with Gasteiger partial charge in [-0.15, -0.1) is 0 Å². The van der Waals surface area contributed by atoms with Crippen molar-refractivity contribution in [3.8, 4) is 5.75 Å². The molecule has 2 heterocycles. The molecule has 1 aromatic heterocycles. The van der Waals surface area contributed by atoms with Crippen molar-refractivity contribution in [2.75, 3.05) is 18.0 Å². The van der Waals surface area contributed by atoms with Crippen molar-refractivity contribution >= 4 is 16.7 Å². The third kappa shape index (κ3) is 1.37. The van der Waals surface area contributed by atoms with Crippen LogP contribution in [0, 0.1) is 0 Å². The van der Waals surface area contributed by atoms with Crippen LogP contribution in [0.2, 0.25) is 0 Å². The van der Waals surface area contributed by atoms with Crippen molar-refractivity contribution in [1.82, 2.24) is 9.97 Å². The average molecular weight is 216 g/mol. The highest BCUT2D eigenvalue weighted by Crippen LogP contribution is 2.28. The zero-order valence-corrected chi connectivity index (χ0v) is 8.67. The van der Waals surface area contributed by atoms with Crippen LogP contribution in [0.25, 0.3) is 10.9 Å². The summed E-state index contributed by atoms with van der Waals surface area (Å²) in [4.78, 5) is 10.5. The summed E-state index contributed by atoms with van der Waals surface area (Å²) >= 11 is 0. The van der Waals surface area contributed by atoms with E-state index < -0.39 is 0 Å². The van der Waals surface area contributed by atoms with Gasteiger partial charge in [-0.3, -0.25) is 0 Å². The van der Waals surface area contributed by atoms with E-state index in [1.807, 2.05) is 0 Å². The first-order valence-corrected chi connectivity index (χ1v) is 5.18. The molecule has 0 atom stereocenters. The predicted octanol–water partition coefficient (Wildman–Crippen LogP) is 0.483. The molecule has 3 N–H and O–H groups in total. The summed E-state index contributed by atoms with van der Waals surface area (Å²) in [6, 6.07) is 5.33. The van der Waals surface area contributed by atoms with Gasteiger partial charge >= 0.3 is 0 Å². The average Bonchev–Trinajstić information content (AvgIpc) is 2.24. The minimum Gasteiger partial charge on any atom is -0.508 e. The number of phenolic OH excluding ortho intramolecular Hbond substituents is 1. The molecular formula is C11H12N4O. The molecule has 0 saturated carbocycles. The molecule has 0 radical (unpaired) electrons. The maximum absolute atomic E-state index is 9.48. The quantitative estimate of drug-likeness (QED) is 0.725. The molecule has 1 saturated heterocycles. The number of nitrogens with two attached hydrogens (primary N) is 1. The van der Waals surface area contributed by atoms with Crippen molar-refractivity contribution in [2.24, 2.45) is 5.73 Å². The first-order valence-electron chi connectivity index (χ1n) is 5.18. The van der Waals surface area contributed by atoms with Crippen molar-refractivity contribution in [2.45, 2.75) is 6.04 Å². The topological polar surface area (TPSA) is 75.3 Å². The molecule has 3 rings (SSSR count). The van der Waals surface area contributed by atoms with Gasteiger partial charge in [0, 0.05) is 24.5 Å². The van der Waals surface area contributed by atoms with Crippen molar-refractivity contribution in [3.05, 3.63) is 24.5 Å². The van der Waals surface area contributed by atoms with Crippen LogP contribution in [0.15, 0.2) is 24.5 Å². The summed E-state index contributed by atoms with van der Waals surface area (Å²) < 4.78 is 0. The van der Waals surface area contributed by atoms with Crippen LogP contribution >= 0.6 is 0 Å². The van der Waals surface area contributed by atoms with Gasteiger partial charge in [0.05, 0.1) is 5.52 Å². The van der Waals surface area contributed by atoms with Crippen LogP contribution in [0.5, 0.6) is 5.75 Å². The Labute approximate surface area is 92.5 Å². The maximum atomic E-state index is 9.48. The van der Waals surface area contributed by atoms with E-state index in [1.165, 1.54) is 0 Å². The maximum Gasteiger partial charge on any atom is 0.140 e. The second-order valence-electron chi connectivity index (χ2n) is 4.06. The Kier molecular flexibility index (Phi) is 1.94. The van der Waals surface area contributed by atoms with Crippen molar-refractivity contribution < 1.29 is 5.11 Å². The molecule has 1 aromatic carbocycles. The Hall–Kier alpha value is -1.88. The number of aromatic nitrogens is 2. The monoisotopic (exact) mass is 216 g/mol. The second kappa shape index (κ2) is 3.31. The van der Waals surface area contributed by atoms with Gasteiger partial charge in [0.25, 0.3) is 0 Å². The van der Waals surface area contributed by atoms with Gasteiger partial charge in [-0.25, -0.2) is 9.97 Å². The number of aromatic hydroxyl groups is 1. The Bertz CT molecular complexity index is 536. The summed E-state index contributed by atoms with van der Waals surface area (Å²) in [6.07, 6.45) is 1.54. The molecule has 1 aliphatic rings. The number of fused-ring (bicyclic) bond motifs is 1. The highest BCUT2D eigenvalue weighted by Gasteiger charge is 2.25. The summed E-state index contributed by atoms with van der Waals surface area (Å²) in [6.45, 7) is 1.61. The Morgan fingerprint density at radius 1 is 1.31 bits per heavy atom. The van der Waals surface area contributed by atoms with Crippen molar-refractivity contribution in [1.29, 1.82) is 0 Å². The van der Waals surface area contributed by atoms with Crippen LogP contribution in [0.4, 0.5) is 5.82 Å². The summed E-state index contributed by atoms with van der Waals surface area (Å²) in [5.74, 6) is 1.08. The lowest BCUT2D eigenvalue weighted by atomic mass is 10.1. The van der Waals surface area contributed by atoms with Gasteiger partial charge in [-0.2, -0.15) is 0 Å². The van der Waals surface area contributed by atoms with Crippen LogP contribution < -0.4 is 10.6 Å². The third-order valence-corrected chi connectivity index (χ3v) is 2.81. The molecule has 0 spiro atoms. The Morgan fingerprint density at radius 2 is 2.12 bits per heavy atom. The molecule has 0 aliphatic carbocycles. The van der Waals surface area contributed by atoms with E-state index in [2.05, 4.69) is 14.9 Å². The van der Waals surface area contributed by atoms with Crippen LogP contribution in [-0.2, 0) is 0 Å². The first kappa shape index (κ1) is 9.35. The number of benzene rings is 1. The molecule has 16 heavy (non-hydrogen) atoms. The lowest BCUT2D eigenvalue weighted by Gasteiger charge is -2.38. The molecule has 82 valence electrons. The number of rotatable bonds is 1. The molecule has 0 unspecified atom stereocenters. The molecule has 1 aliphatic heterocycles. The van der Waals surface area contributed by atoms with Crippen LogP contribution in [0.3, 0.4) is 0 Å². The van der Waals surface area contributed by atoms with Gasteiger partial charge in [-0.1, -0.05) is 0 Å². The summed E-state index contributed by atoms with van der Waals surface area (Å²) in [5, 5.41) is 10.4. The zero-order chi connectivity index (χ0) is 11.1. The molecule has 5 heteroatoms. The second-order valence-corrected chi connectivity index (χ2v) is 4.06. The fraction of sp³-hybridized carbons (Fsp3) is 0.273. The SMILES string of the molecule is NC1CN(c2ncnc3ccc(O)cc23)C1. The molecule has 1 fully saturated rings. The van der Waals surface area contributed by atoms with Gasteiger partial charge in [0.15, 0.2) is 0 Å². The van der Waals surface area contributed by atoms with E-state index in [4.69, 9.17) is 5.73 Å². The number of anilines is 1. The predicted molar refractivity (Wildman–Crippen MR) is 61.4 cm³/mol. The number of hydrogen-bond acceptors (Lipinski definition) is 5. The first-order chi connectivity index (χ1) is 7.74. The van der Waals surface area contributed by atoms with Gasteiger partial charge < -0.3 is 15.7 Å². The number of hydrogen-bond donors (Lipinski definition) is 2. The van der Waals surface area contributed by atoms with E-state index in [9.17, 15) is 5.11 Å².